The number of ether oxygens (including phenoxy) is 3. The number of esters is 3. The molecular weight excluding hydrogens is 771 g/mol. The Kier molecular flexibility index (Phi) is 12.6. The lowest BCUT2D eigenvalue weighted by Gasteiger charge is -2.50. The first-order valence-electron chi connectivity index (χ1n) is 21.1. The zero-order valence-corrected chi connectivity index (χ0v) is 35.1. The maximum atomic E-state index is 14.0. The van der Waals surface area contributed by atoms with Crippen molar-refractivity contribution in [2.45, 2.75) is 139 Å². The van der Waals surface area contributed by atoms with Gasteiger partial charge in [0, 0.05) is 11.5 Å². The van der Waals surface area contributed by atoms with E-state index in [0.717, 1.165) is 64.2 Å². The highest BCUT2D eigenvalue weighted by molar-refractivity contribution is 8.17. The molecule has 55 heavy (non-hydrogen) atoms. The fourth-order valence-electron chi connectivity index (χ4n) is 12.5. The van der Waals surface area contributed by atoms with Gasteiger partial charge in [-0.3, -0.25) is 18.9 Å². The van der Waals surface area contributed by atoms with Crippen LogP contribution in [0.3, 0.4) is 0 Å². The van der Waals surface area contributed by atoms with Gasteiger partial charge in [0.05, 0.1) is 26.7 Å². The van der Waals surface area contributed by atoms with Crippen molar-refractivity contribution in [3.63, 3.8) is 0 Å². The average molecular weight is 833 g/mol. The highest BCUT2D eigenvalue weighted by Crippen LogP contribution is 2.58. The lowest BCUT2D eigenvalue weighted by atomic mass is 9.59. The first kappa shape index (κ1) is 42.0. The zero-order valence-electron chi connectivity index (χ0n) is 32.7. The van der Waals surface area contributed by atoms with E-state index in [-0.39, 0.29) is 47.5 Å². The Bertz CT molecular complexity index is 1530. The van der Waals surface area contributed by atoms with Gasteiger partial charge in [-0.2, -0.15) is 17.2 Å². The molecule has 9 nitrogen and oxygen atoms in total. The molecule has 0 spiro atoms. The lowest BCUT2D eigenvalue weighted by Crippen LogP contribution is -2.49. The van der Waals surface area contributed by atoms with Crippen LogP contribution in [-0.4, -0.2) is 72.0 Å². The van der Waals surface area contributed by atoms with E-state index in [1.165, 1.54) is 32.1 Å². The minimum Gasteiger partial charge on any atom is -0.465 e. The van der Waals surface area contributed by atoms with Gasteiger partial charge in [0.1, 0.15) is 13.2 Å². The normalized spacial score (nSPS) is 41.8. The first-order valence-corrected chi connectivity index (χ1v) is 24.7. The summed E-state index contributed by atoms with van der Waals surface area (Å²) in [5, 5.41) is -4.58. The SMILES string of the molecule is CCC1CCC2CC(C(=O)OCC3(COC(=O)C45CCCC(CC(C)C4)C5)CSC(C4CC5CCCC(C(=O)OCC(F)(F)S(=O)(=O)O)(C5)C4)SC3)CC1C2. The smallest absolute Gasteiger partial charge is 0.402 e. The molecule has 1 heterocycles. The third kappa shape index (κ3) is 9.07. The molecule has 1 saturated heterocycles. The molecule has 0 aromatic carbocycles. The van der Waals surface area contributed by atoms with Crippen LogP contribution in [0.1, 0.15) is 129 Å². The quantitative estimate of drug-likeness (QED) is 0.115. The van der Waals surface area contributed by atoms with Crippen LogP contribution < -0.4 is 0 Å². The average Bonchev–Trinajstić information content (AvgIpc) is 3.14. The Hall–Kier alpha value is -1.12. The molecule has 7 fully saturated rings. The zero-order chi connectivity index (χ0) is 39.2. The number of thioether (sulfide) groups is 2. The van der Waals surface area contributed by atoms with Crippen molar-refractivity contribution in [1.82, 2.24) is 0 Å². The van der Waals surface area contributed by atoms with Crippen molar-refractivity contribution in [1.29, 1.82) is 0 Å². The summed E-state index contributed by atoms with van der Waals surface area (Å²) in [6.45, 7) is 3.16. The maximum absolute atomic E-state index is 14.0. The summed E-state index contributed by atoms with van der Waals surface area (Å²) in [5.41, 5.74) is -1.98. The fraction of sp³-hybridized carbons (Fsp3) is 0.927. The molecule has 6 saturated carbocycles. The van der Waals surface area contributed by atoms with Crippen LogP contribution in [0.5, 0.6) is 0 Å². The van der Waals surface area contributed by atoms with Gasteiger partial charge < -0.3 is 14.2 Å². The molecule has 0 radical (unpaired) electrons. The van der Waals surface area contributed by atoms with E-state index < -0.39 is 44.2 Å². The topological polar surface area (TPSA) is 133 Å². The van der Waals surface area contributed by atoms with Crippen LogP contribution in [-0.2, 0) is 38.7 Å². The van der Waals surface area contributed by atoms with Gasteiger partial charge in [-0.1, -0.05) is 52.4 Å². The molecular formula is C41H62F2O9S3. The summed E-state index contributed by atoms with van der Waals surface area (Å²) in [7, 11) is -5.72. The molecule has 7 rings (SSSR count). The van der Waals surface area contributed by atoms with Gasteiger partial charge in [-0.05, 0) is 118 Å². The molecule has 10 atom stereocenters. The summed E-state index contributed by atoms with van der Waals surface area (Å²) in [6.07, 6.45) is 16.6. The van der Waals surface area contributed by atoms with Crippen molar-refractivity contribution in [3.8, 4) is 0 Å². The Morgan fingerprint density at radius 2 is 1.38 bits per heavy atom. The second kappa shape index (κ2) is 16.5. The van der Waals surface area contributed by atoms with Gasteiger partial charge >= 0.3 is 33.3 Å². The van der Waals surface area contributed by atoms with Gasteiger partial charge in [-0.15, -0.1) is 23.5 Å². The van der Waals surface area contributed by atoms with Crippen molar-refractivity contribution in [2.24, 2.45) is 63.6 Å². The number of hydrogen-bond donors (Lipinski definition) is 1. The monoisotopic (exact) mass is 832 g/mol. The Morgan fingerprint density at radius 3 is 2.05 bits per heavy atom. The molecule has 312 valence electrons. The predicted octanol–water partition coefficient (Wildman–Crippen LogP) is 8.93. The second-order valence-electron chi connectivity index (χ2n) is 19.4. The van der Waals surface area contributed by atoms with Crippen molar-refractivity contribution in [3.05, 3.63) is 0 Å². The summed E-state index contributed by atoms with van der Waals surface area (Å²) < 4.78 is 77.0. The minimum atomic E-state index is -5.72. The molecule has 14 heteroatoms. The number of carbonyl (C=O) groups excluding carboxylic acids is 3. The predicted molar refractivity (Wildman–Crippen MR) is 208 cm³/mol. The third-order valence-corrected chi connectivity index (χ3v) is 19.8. The van der Waals surface area contributed by atoms with Crippen LogP contribution >= 0.6 is 23.5 Å². The lowest BCUT2D eigenvalue weighted by molar-refractivity contribution is -0.169. The van der Waals surface area contributed by atoms with Gasteiger partial charge in [0.15, 0.2) is 6.61 Å². The Balaban J connectivity index is 1.02. The van der Waals surface area contributed by atoms with Crippen molar-refractivity contribution in [2.75, 3.05) is 31.3 Å². The molecule has 0 aromatic heterocycles. The summed E-state index contributed by atoms with van der Waals surface area (Å²) in [6, 6.07) is 0. The molecule has 6 bridgehead atoms. The molecule has 1 aliphatic heterocycles. The Labute approximate surface area is 334 Å². The van der Waals surface area contributed by atoms with E-state index in [1.54, 1.807) is 23.5 Å². The van der Waals surface area contributed by atoms with Crippen LogP contribution in [0.4, 0.5) is 8.78 Å². The van der Waals surface area contributed by atoms with Crippen LogP contribution in [0.15, 0.2) is 0 Å². The number of carbonyl (C=O) groups is 3. The number of fused-ring (bicyclic) bond motifs is 6. The summed E-state index contributed by atoms with van der Waals surface area (Å²) >= 11 is 3.50. The third-order valence-electron chi connectivity index (χ3n) is 15.1. The van der Waals surface area contributed by atoms with E-state index in [4.69, 9.17) is 18.8 Å². The van der Waals surface area contributed by atoms with Gasteiger partial charge in [0.2, 0.25) is 0 Å². The van der Waals surface area contributed by atoms with Crippen LogP contribution in [0.2, 0.25) is 0 Å². The molecule has 1 N–H and O–H groups in total. The van der Waals surface area contributed by atoms with E-state index in [2.05, 4.69) is 13.8 Å². The van der Waals surface area contributed by atoms with Crippen molar-refractivity contribution >= 4 is 51.5 Å². The largest absolute Gasteiger partial charge is 0.465 e. The summed E-state index contributed by atoms with van der Waals surface area (Å²) in [5.74, 6) is 3.31. The molecule has 0 amide bonds. The van der Waals surface area contributed by atoms with Crippen molar-refractivity contribution < 1.29 is 50.3 Å². The summed E-state index contributed by atoms with van der Waals surface area (Å²) in [4.78, 5) is 41.3. The van der Waals surface area contributed by atoms with E-state index in [0.29, 0.717) is 60.4 Å². The molecule has 6 aliphatic carbocycles. The van der Waals surface area contributed by atoms with E-state index in [1.807, 2.05) is 0 Å². The van der Waals surface area contributed by atoms with E-state index >= 15 is 0 Å². The second-order valence-corrected chi connectivity index (χ2v) is 23.5. The van der Waals surface area contributed by atoms with Gasteiger partial charge in [-0.25, -0.2) is 0 Å². The van der Waals surface area contributed by atoms with E-state index in [9.17, 15) is 31.6 Å². The molecule has 0 aromatic rings. The maximum Gasteiger partial charge on any atom is 0.402 e. The first-order chi connectivity index (χ1) is 26.0. The van der Waals surface area contributed by atoms with Crippen LogP contribution in [0.25, 0.3) is 0 Å². The van der Waals surface area contributed by atoms with Gasteiger partial charge in [0.25, 0.3) is 0 Å². The fourth-order valence-corrected chi connectivity index (χ4v) is 16.2. The number of hydrogen-bond acceptors (Lipinski definition) is 10. The highest BCUT2D eigenvalue weighted by atomic mass is 32.2. The number of alkyl halides is 2. The minimum absolute atomic E-state index is 0.0849. The number of rotatable bonds is 12. The molecule has 10 unspecified atom stereocenters. The standard InChI is InChI=1S/C41H62F2O9S3/c1-3-30-9-8-27-13-31(30)16-32(14-27)34(44)50-21-38(22-51-36(45)39-10-4-6-28(18-39)12-26(2)17-39)24-53-35(54-25-38)33-15-29-7-5-11-40(19-29,20-33)37(46)52-23-41(42,43)55(47,48)49/h26-33,35H,3-25H2,1-2H3,(H,47,48,49). The Morgan fingerprint density at radius 1 is 0.764 bits per heavy atom. The number of halogens is 2. The molecule has 7 aliphatic rings. The van der Waals surface area contributed by atoms with Crippen LogP contribution in [0, 0.1) is 63.6 Å². The highest BCUT2D eigenvalue weighted by Gasteiger charge is 2.55.